The molecule has 1 aromatic carbocycles. The summed E-state index contributed by atoms with van der Waals surface area (Å²) in [5, 5.41) is 12.3. The van der Waals surface area contributed by atoms with Gasteiger partial charge < -0.3 is 4.74 Å². The van der Waals surface area contributed by atoms with E-state index >= 15 is 0 Å². The third-order valence-corrected chi connectivity index (χ3v) is 3.82. The second-order valence-corrected chi connectivity index (χ2v) is 5.86. The summed E-state index contributed by atoms with van der Waals surface area (Å²) < 4.78 is 6.75. The maximum Gasteiger partial charge on any atom is 0.316 e. The van der Waals surface area contributed by atoms with Crippen LogP contribution >= 0.6 is 11.8 Å². The minimum atomic E-state index is -0.273. The zero-order chi connectivity index (χ0) is 15.4. The summed E-state index contributed by atoms with van der Waals surface area (Å²) in [7, 11) is 0. The molecule has 21 heavy (non-hydrogen) atoms. The molecule has 1 heterocycles. The van der Waals surface area contributed by atoms with Gasteiger partial charge in [0.1, 0.15) is 0 Å². The number of aromatic nitrogens is 4. The fourth-order valence-corrected chi connectivity index (χ4v) is 2.47. The lowest BCUT2D eigenvalue weighted by Crippen LogP contribution is -2.13. The number of hydrogen-bond donors (Lipinski definition) is 0. The Bertz CT molecular complexity index is 640. The molecule has 0 aliphatic rings. The van der Waals surface area contributed by atoms with Crippen LogP contribution in [0.5, 0.6) is 0 Å². The van der Waals surface area contributed by atoms with E-state index in [2.05, 4.69) is 15.5 Å². The first-order valence-electron chi connectivity index (χ1n) is 6.66. The molecule has 7 heteroatoms. The van der Waals surface area contributed by atoms with Gasteiger partial charge in [-0.15, -0.1) is 5.10 Å². The predicted octanol–water partition coefficient (Wildman–Crippen LogP) is 2.32. The number of carbonyl (C=O) groups excluding carboxylic acids is 1. The minimum Gasteiger partial charge on any atom is -0.462 e. The van der Waals surface area contributed by atoms with Crippen LogP contribution < -0.4 is 0 Å². The van der Waals surface area contributed by atoms with Crippen LogP contribution in [0.25, 0.3) is 5.69 Å². The lowest BCUT2D eigenvalue weighted by Gasteiger charge is -2.10. The fourth-order valence-electron chi connectivity index (χ4n) is 1.81. The van der Waals surface area contributed by atoms with Gasteiger partial charge >= 0.3 is 5.97 Å². The van der Waals surface area contributed by atoms with Crippen LogP contribution in [0.4, 0.5) is 0 Å². The highest BCUT2D eigenvalue weighted by atomic mass is 32.2. The predicted molar refractivity (Wildman–Crippen MR) is 80.6 cm³/mol. The molecule has 0 bridgehead atoms. The molecule has 2 aromatic rings. The number of tetrazole rings is 1. The van der Waals surface area contributed by atoms with Crippen molar-refractivity contribution >= 4 is 17.7 Å². The van der Waals surface area contributed by atoms with Gasteiger partial charge in [0.25, 0.3) is 0 Å². The topological polar surface area (TPSA) is 69.9 Å². The van der Waals surface area contributed by atoms with Crippen molar-refractivity contribution in [2.75, 3.05) is 5.75 Å². The van der Waals surface area contributed by atoms with Crippen LogP contribution in [0.15, 0.2) is 23.4 Å². The second kappa shape index (κ2) is 6.71. The van der Waals surface area contributed by atoms with Crippen LogP contribution in [-0.4, -0.2) is 38.0 Å². The number of benzene rings is 1. The molecule has 0 fully saturated rings. The lowest BCUT2D eigenvalue weighted by atomic mass is 10.1. The molecule has 0 unspecified atom stereocenters. The molecule has 2 rings (SSSR count). The van der Waals surface area contributed by atoms with Crippen LogP contribution in [0.2, 0.25) is 0 Å². The summed E-state index contributed by atoms with van der Waals surface area (Å²) in [5.41, 5.74) is 3.19. The van der Waals surface area contributed by atoms with E-state index in [0.717, 1.165) is 16.8 Å². The van der Waals surface area contributed by atoms with Crippen molar-refractivity contribution in [2.24, 2.45) is 0 Å². The van der Waals surface area contributed by atoms with Gasteiger partial charge in [0, 0.05) is 0 Å². The molecular weight excluding hydrogens is 288 g/mol. The number of thioether (sulfide) groups is 1. The first kappa shape index (κ1) is 15.5. The normalized spacial score (nSPS) is 10.9. The number of rotatable bonds is 5. The maximum absolute atomic E-state index is 11.6. The molecule has 0 atom stereocenters. The standard InChI is InChI=1S/C14H18N4O2S/c1-9(2)20-13(19)8-21-14-15-16-17-18(14)12-7-5-6-10(3)11(12)4/h5-7,9H,8H2,1-4H3. The Morgan fingerprint density at radius 3 is 2.86 bits per heavy atom. The largest absolute Gasteiger partial charge is 0.462 e. The quantitative estimate of drug-likeness (QED) is 0.624. The van der Waals surface area contributed by atoms with E-state index in [-0.39, 0.29) is 17.8 Å². The molecule has 0 saturated heterocycles. The fraction of sp³-hybridized carbons (Fsp3) is 0.429. The van der Waals surface area contributed by atoms with Crippen molar-refractivity contribution in [1.29, 1.82) is 0 Å². The van der Waals surface area contributed by atoms with Gasteiger partial charge in [0.2, 0.25) is 5.16 Å². The summed E-state index contributed by atoms with van der Waals surface area (Å²) in [4.78, 5) is 11.6. The summed E-state index contributed by atoms with van der Waals surface area (Å²) in [6.07, 6.45) is -0.117. The second-order valence-electron chi connectivity index (χ2n) is 4.92. The molecule has 0 amide bonds. The van der Waals surface area contributed by atoms with Crippen LogP contribution in [0.3, 0.4) is 0 Å². The van der Waals surface area contributed by atoms with Crippen molar-refractivity contribution in [3.05, 3.63) is 29.3 Å². The van der Waals surface area contributed by atoms with E-state index in [4.69, 9.17) is 4.74 Å². The molecule has 0 N–H and O–H groups in total. The Labute approximate surface area is 127 Å². The average molecular weight is 306 g/mol. The average Bonchev–Trinajstić information content (AvgIpc) is 2.87. The van der Waals surface area contributed by atoms with Crippen molar-refractivity contribution in [3.63, 3.8) is 0 Å². The lowest BCUT2D eigenvalue weighted by molar-refractivity contribution is -0.144. The highest BCUT2D eigenvalue weighted by Crippen LogP contribution is 2.22. The highest BCUT2D eigenvalue weighted by Gasteiger charge is 2.14. The molecule has 0 saturated carbocycles. The van der Waals surface area contributed by atoms with E-state index in [0.29, 0.717) is 5.16 Å². The van der Waals surface area contributed by atoms with E-state index < -0.39 is 0 Å². The molecule has 6 nitrogen and oxygen atoms in total. The molecular formula is C14H18N4O2S. The monoisotopic (exact) mass is 306 g/mol. The number of esters is 1. The number of aryl methyl sites for hydroxylation is 1. The van der Waals surface area contributed by atoms with E-state index in [1.54, 1.807) is 4.68 Å². The van der Waals surface area contributed by atoms with E-state index in [9.17, 15) is 4.79 Å². The van der Waals surface area contributed by atoms with Crippen LogP contribution in [0, 0.1) is 13.8 Å². The van der Waals surface area contributed by atoms with Gasteiger partial charge in [-0.25, -0.2) is 0 Å². The van der Waals surface area contributed by atoms with Crippen LogP contribution in [0.1, 0.15) is 25.0 Å². The van der Waals surface area contributed by atoms with Gasteiger partial charge in [0.05, 0.1) is 17.5 Å². The molecule has 112 valence electrons. The molecule has 0 radical (unpaired) electrons. The Morgan fingerprint density at radius 2 is 2.14 bits per heavy atom. The Balaban J connectivity index is 2.16. The van der Waals surface area contributed by atoms with Gasteiger partial charge in [-0.1, -0.05) is 23.9 Å². The minimum absolute atomic E-state index is 0.117. The summed E-state index contributed by atoms with van der Waals surface area (Å²) in [6.45, 7) is 7.70. The van der Waals surface area contributed by atoms with Crippen LogP contribution in [-0.2, 0) is 9.53 Å². The highest BCUT2D eigenvalue weighted by molar-refractivity contribution is 7.99. The van der Waals surface area contributed by atoms with Crippen molar-refractivity contribution < 1.29 is 9.53 Å². The molecule has 0 spiro atoms. The summed E-state index contributed by atoms with van der Waals surface area (Å²) in [5.74, 6) is -0.0887. The third-order valence-electron chi connectivity index (χ3n) is 2.93. The number of nitrogens with zero attached hydrogens (tertiary/aromatic N) is 4. The number of hydrogen-bond acceptors (Lipinski definition) is 6. The Morgan fingerprint density at radius 1 is 1.38 bits per heavy atom. The maximum atomic E-state index is 11.6. The van der Waals surface area contributed by atoms with Crippen molar-refractivity contribution in [1.82, 2.24) is 20.2 Å². The van der Waals surface area contributed by atoms with E-state index in [1.165, 1.54) is 11.8 Å². The molecule has 1 aromatic heterocycles. The zero-order valence-corrected chi connectivity index (χ0v) is 13.3. The van der Waals surface area contributed by atoms with Crippen molar-refractivity contribution in [2.45, 2.75) is 39.0 Å². The van der Waals surface area contributed by atoms with Gasteiger partial charge in [0.15, 0.2) is 0 Å². The zero-order valence-electron chi connectivity index (χ0n) is 12.5. The first-order valence-corrected chi connectivity index (χ1v) is 7.65. The Hall–Kier alpha value is -1.89. The van der Waals surface area contributed by atoms with E-state index in [1.807, 2.05) is 45.9 Å². The third kappa shape index (κ3) is 3.81. The van der Waals surface area contributed by atoms with Gasteiger partial charge in [-0.3, -0.25) is 4.79 Å². The number of carbonyl (C=O) groups is 1. The molecule has 0 aliphatic heterocycles. The van der Waals surface area contributed by atoms with Crippen molar-refractivity contribution in [3.8, 4) is 5.69 Å². The Kier molecular flexibility index (Phi) is 4.95. The summed E-state index contributed by atoms with van der Waals surface area (Å²) >= 11 is 1.27. The van der Waals surface area contributed by atoms with Gasteiger partial charge in [-0.2, -0.15) is 4.68 Å². The number of ether oxygens (including phenoxy) is 1. The first-order chi connectivity index (χ1) is 9.99. The SMILES string of the molecule is Cc1cccc(-n2nnnc2SCC(=O)OC(C)C)c1C. The molecule has 0 aliphatic carbocycles. The summed E-state index contributed by atoms with van der Waals surface area (Å²) in [6, 6.07) is 5.95. The smallest absolute Gasteiger partial charge is 0.316 e. The van der Waals surface area contributed by atoms with Gasteiger partial charge in [-0.05, 0) is 55.3 Å².